The molecule has 1 aromatic rings. The molecule has 0 bridgehead atoms. The lowest BCUT2D eigenvalue weighted by Gasteiger charge is -2.12. The van der Waals surface area contributed by atoms with Crippen LogP contribution in [-0.4, -0.2) is 15.0 Å². The number of hydrogen-bond donors (Lipinski definition) is 2. The predicted octanol–water partition coefficient (Wildman–Crippen LogP) is 1.97. The van der Waals surface area contributed by atoms with Crippen molar-refractivity contribution in [1.82, 2.24) is 4.72 Å². The molecule has 0 atom stereocenters. The molecular formula is C14H20N2O2S. The van der Waals surface area contributed by atoms with Gasteiger partial charge < -0.3 is 5.73 Å². The third kappa shape index (κ3) is 4.27. The van der Waals surface area contributed by atoms with Crippen LogP contribution in [0.1, 0.15) is 30.4 Å². The summed E-state index contributed by atoms with van der Waals surface area (Å²) in [5.41, 5.74) is 7.59. The number of nitrogen functional groups attached to an aromatic ring is 1. The zero-order valence-corrected chi connectivity index (χ0v) is 12.2. The van der Waals surface area contributed by atoms with Crippen LogP contribution in [0.4, 0.5) is 5.69 Å². The van der Waals surface area contributed by atoms with Crippen LogP contribution in [-0.2, 0) is 10.0 Å². The smallest absolute Gasteiger partial charge is 0.241 e. The second-order valence-electron chi connectivity index (χ2n) is 4.54. The molecule has 0 amide bonds. The van der Waals surface area contributed by atoms with E-state index in [2.05, 4.69) is 10.6 Å². The van der Waals surface area contributed by atoms with Gasteiger partial charge in [-0.15, -0.1) is 12.3 Å². The number of nitrogens with two attached hydrogens (primary N) is 1. The number of nitrogens with one attached hydrogen (secondary N) is 1. The van der Waals surface area contributed by atoms with Crippen LogP contribution < -0.4 is 10.5 Å². The average Bonchev–Trinajstić information content (AvgIpc) is 2.26. The molecule has 0 heterocycles. The lowest BCUT2D eigenvalue weighted by molar-refractivity contribution is 0.576. The van der Waals surface area contributed by atoms with Crippen molar-refractivity contribution in [1.29, 1.82) is 0 Å². The molecule has 0 saturated carbocycles. The van der Waals surface area contributed by atoms with Gasteiger partial charge in [-0.2, -0.15) is 0 Å². The first kappa shape index (κ1) is 15.5. The Labute approximate surface area is 115 Å². The zero-order valence-electron chi connectivity index (χ0n) is 11.4. The maximum absolute atomic E-state index is 12.2. The fourth-order valence-corrected chi connectivity index (χ4v) is 3.56. The summed E-state index contributed by atoms with van der Waals surface area (Å²) >= 11 is 0. The first-order chi connectivity index (χ1) is 8.88. The van der Waals surface area contributed by atoms with Gasteiger partial charge in [-0.3, -0.25) is 0 Å². The van der Waals surface area contributed by atoms with Gasteiger partial charge in [0.1, 0.15) is 0 Å². The third-order valence-electron chi connectivity index (χ3n) is 2.79. The molecule has 0 spiro atoms. The monoisotopic (exact) mass is 280 g/mol. The van der Waals surface area contributed by atoms with E-state index in [4.69, 9.17) is 12.2 Å². The lowest BCUT2D eigenvalue weighted by atomic mass is 10.1. The van der Waals surface area contributed by atoms with Gasteiger partial charge in [0.25, 0.3) is 0 Å². The van der Waals surface area contributed by atoms with E-state index in [1.807, 2.05) is 0 Å². The summed E-state index contributed by atoms with van der Waals surface area (Å²) in [6.45, 7) is 3.89. The molecule has 1 rings (SSSR count). The molecule has 0 saturated heterocycles. The summed E-state index contributed by atoms with van der Waals surface area (Å²) < 4.78 is 27.0. The van der Waals surface area contributed by atoms with Gasteiger partial charge in [0.05, 0.1) is 4.90 Å². The van der Waals surface area contributed by atoms with E-state index in [1.165, 1.54) is 0 Å². The minimum atomic E-state index is -3.48. The van der Waals surface area contributed by atoms with Crippen molar-refractivity contribution < 1.29 is 8.42 Å². The standard InChI is InChI=1S/C14H20N2O2S/c1-4-5-6-7-8-16-19(17,18)14-11(2)9-13(15)10-12(14)3/h1,9-10,16H,5-8,15H2,2-3H3. The highest BCUT2D eigenvalue weighted by molar-refractivity contribution is 7.89. The summed E-state index contributed by atoms with van der Waals surface area (Å²) in [7, 11) is -3.48. The van der Waals surface area contributed by atoms with Crippen LogP contribution in [0.5, 0.6) is 0 Å². The van der Waals surface area contributed by atoms with Crippen molar-refractivity contribution in [2.75, 3.05) is 12.3 Å². The number of anilines is 1. The van der Waals surface area contributed by atoms with E-state index in [9.17, 15) is 8.42 Å². The zero-order chi connectivity index (χ0) is 14.5. The van der Waals surface area contributed by atoms with Gasteiger partial charge in [0.2, 0.25) is 10.0 Å². The van der Waals surface area contributed by atoms with E-state index in [0.29, 0.717) is 34.7 Å². The van der Waals surface area contributed by atoms with E-state index in [0.717, 1.165) is 12.8 Å². The highest BCUT2D eigenvalue weighted by Gasteiger charge is 2.19. The fourth-order valence-electron chi connectivity index (χ4n) is 2.04. The van der Waals surface area contributed by atoms with Crippen LogP contribution in [0.2, 0.25) is 0 Å². The number of sulfonamides is 1. The fraction of sp³-hybridized carbons (Fsp3) is 0.429. The Kier molecular flexibility index (Phi) is 5.40. The van der Waals surface area contributed by atoms with Crippen LogP contribution in [0.15, 0.2) is 17.0 Å². The van der Waals surface area contributed by atoms with Crippen LogP contribution in [0.25, 0.3) is 0 Å². The molecule has 1 aromatic carbocycles. The van der Waals surface area contributed by atoms with Gasteiger partial charge >= 0.3 is 0 Å². The van der Waals surface area contributed by atoms with Crippen molar-refractivity contribution in [3.8, 4) is 12.3 Å². The Balaban J connectivity index is 2.81. The van der Waals surface area contributed by atoms with Crippen molar-refractivity contribution in [2.45, 2.75) is 38.0 Å². The molecular weight excluding hydrogens is 260 g/mol. The van der Waals surface area contributed by atoms with Gasteiger partial charge in [-0.25, -0.2) is 13.1 Å². The maximum Gasteiger partial charge on any atom is 0.241 e. The van der Waals surface area contributed by atoms with Crippen molar-refractivity contribution in [2.24, 2.45) is 0 Å². The van der Waals surface area contributed by atoms with Crippen molar-refractivity contribution >= 4 is 15.7 Å². The summed E-state index contributed by atoms with van der Waals surface area (Å²) in [5.74, 6) is 2.53. The van der Waals surface area contributed by atoms with Crippen LogP contribution >= 0.6 is 0 Å². The molecule has 0 aliphatic rings. The molecule has 0 unspecified atom stereocenters. The highest BCUT2D eigenvalue weighted by atomic mass is 32.2. The summed E-state index contributed by atoms with van der Waals surface area (Å²) in [5, 5.41) is 0. The van der Waals surface area contributed by atoms with Crippen molar-refractivity contribution in [3.05, 3.63) is 23.3 Å². The number of rotatable bonds is 6. The summed E-state index contributed by atoms with van der Waals surface area (Å²) in [4.78, 5) is 0.318. The van der Waals surface area contributed by atoms with E-state index >= 15 is 0 Å². The average molecular weight is 280 g/mol. The number of benzene rings is 1. The molecule has 19 heavy (non-hydrogen) atoms. The first-order valence-electron chi connectivity index (χ1n) is 6.18. The van der Waals surface area contributed by atoms with E-state index in [-0.39, 0.29) is 0 Å². The third-order valence-corrected chi connectivity index (χ3v) is 4.56. The highest BCUT2D eigenvalue weighted by Crippen LogP contribution is 2.22. The van der Waals surface area contributed by atoms with E-state index < -0.39 is 10.0 Å². The second kappa shape index (κ2) is 6.60. The lowest BCUT2D eigenvalue weighted by Crippen LogP contribution is -2.26. The Morgan fingerprint density at radius 2 is 1.84 bits per heavy atom. The molecule has 0 fully saturated rings. The Morgan fingerprint density at radius 1 is 1.26 bits per heavy atom. The molecule has 0 radical (unpaired) electrons. The Morgan fingerprint density at radius 3 is 2.37 bits per heavy atom. The molecule has 4 nitrogen and oxygen atoms in total. The normalized spacial score (nSPS) is 11.2. The summed E-state index contributed by atoms with van der Waals surface area (Å²) in [6, 6.07) is 3.33. The SMILES string of the molecule is C#CCCCCNS(=O)(=O)c1c(C)cc(N)cc1C. The number of aryl methyl sites for hydroxylation is 2. The van der Waals surface area contributed by atoms with Gasteiger partial charge in [0, 0.05) is 18.7 Å². The number of hydrogen-bond acceptors (Lipinski definition) is 3. The van der Waals surface area contributed by atoms with Crippen molar-refractivity contribution in [3.63, 3.8) is 0 Å². The Hall–Kier alpha value is -1.51. The van der Waals surface area contributed by atoms with Crippen LogP contribution in [0, 0.1) is 26.2 Å². The van der Waals surface area contributed by atoms with E-state index in [1.54, 1.807) is 26.0 Å². The maximum atomic E-state index is 12.2. The molecule has 0 aromatic heterocycles. The minimum Gasteiger partial charge on any atom is -0.399 e. The molecule has 0 aliphatic carbocycles. The predicted molar refractivity (Wildman–Crippen MR) is 78.2 cm³/mol. The second-order valence-corrected chi connectivity index (χ2v) is 6.25. The van der Waals surface area contributed by atoms with Gasteiger partial charge in [-0.1, -0.05) is 0 Å². The molecule has 5 heteroatoms. The van der Waals surface area contributed by atoms with Gasteiger partial charge in [0.15, 0.2) is 0 Å². The minimum absolute atomic E-state index is 0.318. The molecule has 3 N–H and O–H groups in total. The Bertz CT molecular complexity index is 563. The number of unbranched alkanes of at least 4 members (excludes halogenated alkanes) is 2. The quantitative estimate of drug-likeness (QED) is 0.475. The number of terminal acetylenes is 1. The molecule has 104 valence electrons. The van der Waals surface area contributed by atoms with Gasteiger partial charge in [-0.05, 0) is 49.9 Å². The first-order valence-corrected chi connectivity index (χ1v) is 7.66. The summed E-state index contributed by atoms with van der Waals surface area (Å²) in [6.07, 6.45) is 7.36. The largest absolute Gasteiger partial charge is 0.399 e. The topological polar surface area (TPSA) is 72.2 Å². The molecule has 0 aliphatic heterocycles. The van der Waals surface area contributed by atoms with Crippen LogP contribution in [0.3, 0.4) is 0 Å².